The van der Waals surface area contributed by atoms with Crippen molar-refractivity contribution in [2.45, 2.75) is 6.54 Å². The molecule has 0 saturated carbocycles. The Morgan fingerprint density at radius 1 is 1.00 bits per heavy atom. The first-order valence-corrected chi connectivity index (χ1v) is 6.66. The molecule has 0 radical (unpaired) electrons. The molecule has 5 nitrogen and oxygen atoms in total. The molecular weight excluding hydrogens is 274 g/mol. The van der Waals surface area contributed by atoms with Crippen LogP contribution in [0.2, 0.25) is 0 Å². The average molecular weight is 285 g/mol. The van der Waals surface area contributed by atoms with Crippen molar-refractivity contribution in [3.8, 4) is 23.3 Å². The van der Waals surface area contributed by atoms with E-state index in [4.69, 9.17) is 5.26 Å². The van der Waals surface area contributed by atoms with E-state index < -0.39 is 0 Å². The summed E-state index contributed by atoms with van der Waals surface area (Å²) in [6, 6.07) is 17.4. The van der Waals surface area contributed by atoms with Gasteiger partial charge in [0.2, 0.25) is 0 Å². The third kappa shape index (κ3) is 2.70. The van der Waals surface area contributed by atoms with Crippen LogP contribution in [0.15, 0.2) is 55.1 Å². The third-order valence-electron chi connectivity index (χ3n) is 3.35. The summed E-state index contributed by atoms with van der Waals surface area (Å²) in [4.78, 5) is 3.91. The predicted octanol–water partition coefficient (Wildman–Crippen LogP) is 2.74. The Labute approximate surface area is 127 Å². The molecule has 0 amide bonds. The highest BCUT2D eigenvalue weighted by Gasteiger charge is 2.07. The lowest BCUT2D eigenvalue weighted by Gasteiger charge is -2.08. The first-order chi connectivity index (χ1) is 10.8. The van der Waals surface area contributed by atoms with E-state index in [0.717, 1.165) is 16.7 Å². The van der Waals surface area contributed by atoms with Gasteiger partial charge >= 0.3 is 0 Å². The van der Waals surface area contributed by atoms with Crippen LogP contribution in [0.1, 0.15) is 16.7 Å². The van der Waals surface area contributed by atoms with Crippen molar-refractivity contribution < 1.29 is 0 Å². The molecule has 0 aliphatic heterocycles. The Hall–Kier alpha value is -3.44. The highest BCUT2D eigenvalue weighted by molar-refractivity contribution is 5.67. The number of benzene rings is 2. The predicted molar refractivity (Wildman–Crippen MR) is 80.4 cm³/mol. The Kier molecular flexibility index (Phi) is 3.63. The maximum Gasteiger partial charge on any atom is 0.137 e. The van der Waals surface area contributed by atoms with Crippen LogP contribution in [0.25, 0.3) is 11.1 Å². The van der Waals surface area contributed by atoms with Crippen molar-refractivity contribution in [2.75, 3.05) is 0 Å². The molecule has 104 valence electrons. The summed E-state index contributed by atoms with van der Waals surface area (Å²) >= 11 is 0. The molecular formula is C17H11N5. The topological polar surface area (TPSA) is 78.3 Å². The number of rotatable bonds is 3. The van der Waals surface area contributed by atoms with Crippen LogP contribution in [0, 0.1) is 22.7 Å². The molecule has 0 atom stereocenters. The Balaban J connectivity index is 2.03. The van der Waals surface area contributed by atoms with Crippen LogP contribution in [0.4, 0.5) is 0 Å². The van der Waals surface area contributed by atoms with E-state index in [9.17, 15) is 5.26 Å². The van der Waals surface area contributed by atoms with Gasteiger partial charge in [-0.15, -0.1) is 0 Å². The lowest BCUT2D eigenvalue weighted by atomic mass is 9.98. The second-order valence-corrected chi connectivity index (χ2v) is 4.77. The van der Waals surface area contributed by atoms with E-state index in [1.165, 1.54) is 6.33 Å². The van der Waals surface area contributed by atoms with E-state index >= 15 is 0 Å². The molecule has 0 aliphatic rings. The van der Waals surface area contributed by atoms with Gasteiger partial charge in [0.05, 0.1) is 29.8 Å². The average Bonchev–Trinajstić information content (AvgIpc) is 3.08. The number of hydrogen-bond donors (Lipinski definition) is 0. The minimum absolute atomic E-state index is 0.481. The normalized spacial score (nSPS) is 9.91. The smallest absolute Gasteiger partial charge is 0.137 e. The zero-order chi connectivity index (χ0) is 15.4. The Morgan fingerprint density at radius 3 is 2.59 bits per heavy atom. The van der Waals surface area contributed by atoms with Crippen molar-refractivity contribution in [1.29, 1.82) is 10.5 Å². The number of nitrogens with zero attached hydrogens (tertiary/aromatic N) is 5. The maximum absolute atomic E-state index is 9.25. The van der Waals surface area contributed by atoms with Crippen LogP contribution in [-0.2, 0) is 6.54 Å². The lowest BCUT2D eigenvalue weighted by molar-refractivity contribution is 0.684. The number of aromatic nitrogens is 3. The molecule has 0 fully saturated rings. The molecule has 5 heteroatoms. The summed E-state index contributed by atoms with van der Waals surface area (Å²) in [6.45, 7) is 0.481. The summed E-state index contributed by atoms with van der Waals surface area (Å²) < 4.78 is 1.67. The van der Waals surface area contributed by atoms with Gasteiger partial charge in [0.1, 0.15) is 12.7 Å². The van der Waals surface area contributed by atoms with Gasteiger partial charge in [0.25, 0.3) is 0 Å². The van der Waals surface area contributed by atoms with E-state index in [0.29, 0.717) is 17.7 Å². The van der Waals surface area contributed by atoms with Gasteiger partial charge < -0.3 is 0 Å². The van der Waals surface area contributed by atoms with Gasteiger partial charge in [-0.1, -0.05) is 18.2 Å². The van der Waals surface area contributed by atoms with Crippen LogP contribution >= 0.6 is 0 Å². The summed E-state index contributed by atoms with van der Waals surface area (Å²) in [6.07, 6.45) is 3.08. The van der Waals surface area contributed by atoms with Crippen LogP contribution < -0.4 is 0 Å². The van der Waals surface area contributed by atoms with E-state index in [1.54, 1.807) is 23.1 Å². The summed E-state index contributed by atoms with van der Waals surface area (Å²) in [5, 5.41) is 22.3. The van der Waals surface area contributed by atoms with Gasteiger partial charge in [-0.2, -0.15) is 15.6 Å². The monoisotopic (exact) mass is 285 g/mol. The molecule has 0 unspecified atom stereocenters. The molecule has 1 aromatic heterocycles. The van der Waals surface area contributed by atoms with Crippen molar-refractivity contribution >= 4 is 0 Å². The molecule has 0 spiro atoms. The molecule has 0 aliphatic carbocycles. The van der Waals surface area contributed by atoms with Crippen LogP contribution in [0.3, 0.4) is 0 Å². The highest BCUT2D eigenvalue weighted by atomic mass is 15.3. The van der Waals surface area contributed by atoms with Crippen LogP contribution in [0.5, 0.6) is 0 Å². The number of hydrogen-bond acceptors (Lipinski definition) is 4. The molecule has 22 heavy (non-hydrogen) atoms. The van der Waals surface area contributed by atoms with Crippen molar-refractivity contribution in [3.05, 3.63) is 71.8 Å². The molecule has 3 aromatic rings. The first-order valence-electron chi connectivity index (χ1n) is 6.66. The minimum Gasteiger partial charge on any atom is -0.249 e. The molecule has 0 bridgehead atoms. The Morgan fingerprint density at radius 2 is 1.86 bits per heavy atom. The maximum atomic E-state index is 9.25. The quantitative estimate of drug-likeness (QED) is 0.741. The first kappa shape index (κ1) is 13.5. The van der Waals surface area contributed by atoms with E-state index in [-0.39, 0.29) is 0 Å². The van der Waals surface area contributed by atoms with Gasteiger partial charge in [0.15, 0.2) is 0 Å². The third-order valence-corrected chi connectivity index (χ3v) is 3.35. The fourth-order valence-corrected chi connectivity index (χ4v) is 2.27. The molecule has 3 rings (SSSR count). The van der Waals surface area contributed by atoms with Crippen molar-refractivity contribution in [1.82, 2.24) is 14.8 Å². The van der Waals surface area contributed by atoms with Gasteiger partial charge in [-0.05, 0) is 41.0 Å². The minimum atomic E-state index is 0.481. The fourth-order valence-electron chi connectivity index (χ4n) is 2.27. The molecule has 2 aromatic carbocycles. The summed E-state index contributed by atoms with van der Waals surface area (Å²) in [7, 11) is 0. The summed E-state index contributed by atoms with van der Waals surface area (Å²) in [5.74, 6) is 0. The zero-order valence-electron chi connectivity index (χ0n) is 11.6. The van der Waals surface area contributed by atoms with Crippen LogP contribution in [-0.4, -0.2) is 14.8 Å². The second kappa shape index (κ2) is 5.90. The van der Waals surface area contributed by atoms with Gasteiger partial charge in [-0.25, -0.2) is 9.67 Å². The molecule has 0 N–H and O–H groups in total. The highest BCUT2D eigenvalue weighted by Crippen LogP contribution is 2.23. The fraction of sp³-hybridized carbons (Fsp3) is 0.0588. The summed E-state index contributed by atoms with van der Waals surface area (Å²) in [5.41, 5.74) is 4.00. The van der Waals surface area contributed by atoms with Crippen molar-refractivity contribution in [3.63, 3.8) is 0 Å². The lowest BCUT2D eigenvalue weighted by Crippen LogP contribution is -2.02. The van der Waals surface area contributed by atoms with Gasteiger partial charge in [-0.3, -0.25) is 0 Å². The number of nitriles is 2. The SMILES string of the molecule is N#Cc1cccc(-c2ccc(C#N)c(Cn3cncn3)c2)c1. The van der Waals surface area contributed by atoms with E-state index in [2.05, 4.69) is 22.2 Å². The van der Waals surface area contributed by atoms with E-state index in [1.807, 2.05) is 30.3 Å². The van der Waals surface area contributed by atoms with Crippen molar-refractivity contribution in [2.24, 2.45) is 0 Å². The zero-order valence-corrected chi connectivity index (χ0v) is 11.6. The second-order valence-electron chi connectivity index (χ2n) is 4.77. The standard InChI is InChI=1S/C17H11N5/c18-8-13-2-1-3-14(6-13)15-4-5-16(9-19)17(7-15)10-22-12-20-11-21-22/h1-7,11-12H,10H2. The molecule has 0 saturated heterocycles. The molecule has 1 heterocycles. The van der Waals surface area contributed by atoms with Gasteiger partial charge in [0, 0.05) is 0 Å². The largest absolute Gasteiger partial charge is 0.249 e. The Bertz CT molecular complexity index is 882.